The van der Waals surface area contributed by atoms with Crippen molar-refractivity contribution in [2.24, 2.45) is 0 Å². The molecule has 16 nitrogen and oxygen atoms in total. The molecule has 0 bridgehead atoms. The van der Waals surface area contributed by atoms with E-state index >= 15 is 0 Å². The van der Waals surface area contributed by atoms with Crippen LogP contribution in [0.5, 0.6) is 0 Å². The van der Waals surface area contributed by atoms with Crippen LogP contribution in [0.2, 0.25) is 0 Å². The standard InChI is InChI=1S/C13H23N2O14P3/c1-22-30(19,23-2)28-32(21,25-4)29-31(20,24-3)26-8-10-9(16)7-12(27-10)15-6-5-11(17)14-13(15)18/h5-6,9-10,12,16H,7-8H2,1-4H3,(H,14,17,18)/t9?,10-,12-,31?,32?/m1/s1. The molecule has 2 N–H and O–H groups in total. The predicted octanol–water partition coefficient (Wildman–Crippen LogP) is 1.14. The van der Waals surface area contributed by atoms with Crippen molar-refractivity contribution in [1.29, 1.82) is 0 Å². The van der Waals surface area contributed by atoms with Crippen molar-refractivity contribution in [3.63, 3.8) is 0 Å². The van der Waals surface area contributed by atoms with Gasteiger partial charge < -0.3 is 9.84 Å². The zero-order valence-electron chi connectivity index (χ0n) is 17.3. The second-order valence-electron chi connectivity index (χ2n) is 5.98. The first kappa shape index (κ1) is 27.3. The molecule has 1 aromatic rings. The van der Waals surface area contributed by atoms with Gasteiger partial charge in [-0.25, -0.2) is 18.5 Å². The minimum absolute atomic E-state index is 0.0668. The van der Waals surface area contributed by atoms with Crippen LogP contribution in [0.1, 0.15) is 12.6 Å². The minimum atomic E-state index is -4.85. The number of aromatic nitrogens is 2. The molecule has 5 atom stereocenters. The van der Waals surface area contributed by atoms with Crippen LogP contribution in [0.15, 0.2) is 21.9 Å². The molecule has 2 rings (SSSR count). The molecule has 1 saturated heterocycles. The van der Waals surface area contributed by atoms with Crippen molar-refractivity contribution in [2.45, 2.75) is 24.9 Å². The van der Waals surface area contributed by atoms with E-state index in [1.807, 2.05) is 4.98 Å². The number of aliphatic hydroxyl groups is 1. The number of nitrogens with zero attached hydrogens (tertiary/aromatic N) is 1. The lowest BCUT2D eigenvalue weighted by molar-refractivity contribution is -0.0457. The fourth-order valence-corrected chi connectivity index (χ4v) is 6.89. The summed E-state index contributed by atoms with van der Waals surface area (Å²) in [4.78, 5) is 25.1. The summed E-state index contributed by atoms with van der Waals surface area (Å²) < 4.78 is 76.3. The average molecular weight is 524 g/mol. The van der Waals surface area contributed by atoms with Crippen LogP contribution < -0.4 is 11.2 Å². The van der Waals surface area contributed by atoms with Crippen molar-refractivity contribution in [1.82, 2.24) is 9.55 Å². The highest BCUT2D eigenvalue weighted by Crippen LogP contribution is 2.72. The van der Waals surface area contributed by atoms with E-state index in [0.29, 0.717) is 0 Å². The Hall–Kier alpha value is -0.990. The van der Waals surface area contributed by atoms with Crippen LogP contribution in [-0.4, -0.2) is 61.9 Å². The number of ether oxygens (including phenoxy) is 1. The van der Waals surface area contributed by atoms with Crippen molar-refractivity contribution < 1.29 is 54.8 Å². The maximum atomic E-state index is 12.7. The molecular weight excluding hydrogens is 501 g/mol. The Morgan fingerprint density at radius 1 is 1.03 bits per heavy atom. The normalized spacial score (nSPS) is 25.3. The Morgan fingerprint density at radius 3 is 2.12 bits per heavy atom. The lowest BCUT2D eigenvalue weighted by atomic mass is 10.2. The highest BCUT2D eigenvalue weighted by molar-refractivity contribution is 7.67. The molecule has 19 heteroatoms. The van der Waals surface area contributed by atoms with Crippen LogP contribution in [0.4, 0.5) is 0 Å². The molecule has 1 aromatic heterocycles. The monoisotopic (exact) mass is 524 g/mol. The first-order chi connectivity index (χ1) is 14.9. The van der Waals surface area contributed by atoms with Crippen LogP contribution in [-0.2, 0) is 49.7 Å². The predicted molar refractivity (Wildman–Crippen MR) is 105 cm³/mol. The van der Waals surface area contributed by atoms with E-state index < -0.39 is 59.8 Å². The second kappa shape index (κ2) is 11.0. The van der Waals surface area contributed by atoms with Crippen molar-refractivity contribution in [3.8, 4) is 0 Å². The molecule has 1 fully saturated rings. The molecule has 0 radical (unpaired) electrons. The maximum Gasteiger partial charge on any atom is 0.492 e. The molecule has 32 heavy (non-hydrogen) atoms. The van der Waals surface area contributed by atoms with Gasteiger partial charge in [0, 0.05) is 47.1 Å². The quantitative estimate of drug-likeness (QED) is 0.369. The number of rotatable bonds is 12. The van der Waals surface area contributed by atoms with Crippen LogP contribution >= 0.6 is 23.5 Å². The summed E-state index contributed by atoms with van der Waals surface area (Å²) in [6, 6.07) is 1.09. The molecule has 2 heterocycles. The molecular formula is C13H23N2O14P3. The number of hydrogen-bond donors (Lipinski definition) is 2. The van der Waals surface area contributed by atoms with Crippen molar-refractivity contribution in [2.75, 3.05) is 35.0 Å². The molecule has 0 aliphatic carbocycles. The van der Waals surface area contributed by atoms with Gasteiger partial charge in [-0.3, -0.25) is 37.0 Å². The van der Waals surface area contributed by atoms with E-state index in [2.05, 4.69) is 22.4 Å². The zero-order valence-corrected chi connectivity index (χ0v) is 20.0. The highest BCUT2D eigenvalue weighted by Gasteiger charge is 2.46. The van der Waals surface area contributed by atoms with Gasteiger partial charge in [0.1, 0.15) is 12.3 Å². The van der Waals surface area contributed by atoms with Gasteiger partial charge >= 0.3 is 29.2 Å². The number of aliphatic hydroxyl groups excluding tert-OH is 1. The number of nitrogens with one attached hydrogen (secondary N) is 1. The SMILES string of the molecule is COP(=O)(OC)OP(=O)(OC)OP(=O)(OC)OC[C@H]1O[C@@H](n2ccc(=O)[nH]c2=O)CC1O. The Morgan fingerprint density at radius 2 is 1.59 bits per heavy atom. The number of phosphoric acid groups is 3. The molecule has 1 aliphatic heterocycles. The van der Waals surface area contributed by atoms with E-state index in [0.717, 1.165) is 39.1 Å². The lowest BCUT2D eigenvalue weighted by Gasteiger charge is -2.24. The molecule has 1 aliphatic rings. The molecule has 0 spiro atoms. The number of phosphoric ester groups is 2. The third kappa shape index (κ3) is 6.76. The minimum Gasteiger partial charge on any atom is -0.390 e. The second-order valence-corrected chi connectivity index (χ2v) is 11.7. The zero-order chi connectivity index (χ0) is 24.2. The van der Waals surface area contributed by atoms with Crippen molar-refractivity contribution >= 4 is 23.5 Å². The topological polar surface area (TPSA) is 200 Å². The summed E-state index contributed by atoms with van der Waals surface area (Å²) in [5, 5.41) is 10.2. The molecule has 0 saturated carbocycles. The maximum absolute atomic E-state index is 12.7. The fraction of sp³-hybridized carbons (Fsp3) is 0.692. The van der Waals surface area contributed by atoms with Gasteiger partial charge in [-0.05, 0) is 0 Å². The molecule has 184 valence electrons. The summed E-state index contributed by atoms with van der Waals surface area (Å²) >= 11 is 0. The van der Waals surface area contributed by atoms with E-state index in [1.165, 1.54) is 6.20 Å². The van der Waals surface area contributed by atoms with Gasteiger partial charge in [-0.15, -0.1) is 0 Å². The number of aromatic amines is 1. The summed E-state index contributed by atoms with van der Waals surface area (Å²) in [6.07, 6.45) is -2.16. The summed E-state index contributed by atoms with van der Waals surface area (Å²) in [6.45, 7) is -0.614. The Bertz CT molecular complexity index is 1030. The molecule has 3 unspecified atom stereocenters. The Balaban J connectivity index is 2.08. The largest absolute Gasteiger partial charge is 0.492 e. The first-order valence-electron chi connectivity index (χ1n) is 8.67. The number of H-pyrrole nitrogens is 1. The first-order valence-corrected chi connectivity index (χ1v) is 13.1. The smallest absolute Gasteiger partial charge is 0.390 e. The number of hydrogen-bond acceptors (Lipinski definition) is 14. The Kier molecular flexibility index (Phi) is 9.33. The van der Waals surface area contributed by atoms with E-state index in [4.69, 9.17) is 13.6 Å². The van der Waals surface area contributed by atoms with E-state index in [9.17, 15) is 28.4 Å². The Labute approximate surface area is 181 Å². The van der Waals surface area contributed by atoms with Crippen LogP contribution in [0.3, 0.4) is 0 Å². The third-order valence-electron chi connectivity index (χ3n) is 4.06. The van der Waals surface area contributed by atoms with Crippen LogP contribution in [0.25, 0.3) is 0 Å². The van der Waals surface area contributed by atoms with Crippen molar-refractivity contribution in [3.05, 3.63) is 33.1 Å². The van der Waals surface area contributed by atoms with Gasteiger partial charge in [-0.1, -0.05) is 0 Å². The highest BCUT2D eigenvalue weighted by atomic mass is 31.3. The summed E-state index contributed by atoms with van der Waals surface area (Å²) in [5.41, 5.74) is -1.37. The lowest BCUT2D eigenvalue weighted by Crippen LogP contribution is -2.31. The molecule has 0 aromatic carbocycles. The van der Waals surface area contributed by atoms with E-state index in [-0.39, 0.29) is 6.42 Å². The van der Waals surface area contributed by atoms with Crippen LogP contribution in [0, 0.1) is 0 Å². The summed E-state index contributed by atoms with van der Waals surface area (Å²) in [7, 11) is -10.3. The van der Waals surface area contributed by atoms with Gasteiger partial charge in [0.15, 0.2) is 0 Å². The fourth-order valence-electron chi connectivity index (χ4n) is 2.43. The summed E-state index contributed by atoms with van der Waals surface area (Å²) in [5.74, 6) is 0. The van der Waals surface area contributed by atoms with Gasteiger partial charge in [-0.2, -0.15) is 8.62 Å². The van der Waals surface area contributed by atoms with Gasteiger partial charge in [0.25, 0.3) is 5.56 Å². The molecule has 0 amide bonds. The average Bonchev–Trinajstić information content (AvgIpc) is 3.12. The third-order valence-corrected chi connectivity index (χ3v) is 9.51. The van der Waals surface area contributed by atoms with E-state index in [1.54, 1.807) is 0 Å². The van der Waals surface area contributed by atoms with Gasteiger partial charge in [0.05, 0.1) is 12.7 Å². The van der Waals surface area contributed by atoms with Gasteiger partial charge in [0.2, 0.25) is 0 Å².